The maximum atomic E-state index is 12.6. The van der Waals surface area contributed by atoms with Crippen LogP contribution < -0.4 is 5.32 Å². The van der Waals surface area contributed by atoms with Crippen LogP contribution in [0.1, 0.15) is 34.8 Å². The van der Waals surface area contributed by atoms with Gasteiger partial charge in [0.05, 0.1) is 5.41 Å². The number of aromatic nitrogens is 1. The quantitative estimate of drug-likeness (QED) is 0.900. The zero-order chi connectivity index (χ0) is 15.7. The van der Waals surface area contributed by atoms with E-state index in [0.717, 1.165) is 37.4 Å². The molecule has 0 aliphatic carbocycles. The molecule has 0 radical (unpaired) electrons. The molecule has 7 heteroatoms. The van der Waals surface area contributed by atoms with Crippen molar-refractivity contribution in [2.24, 2.45) is 5.41 Å². The van der Waals surface area contributed by atoms with Crippen molar-refractivity contribution in [3.05, 3.63) is 16.1 Å². The Morgan fingerprint density at radius 1 is 1.50 bits per heavy atom. The third kappa shape index (κ3) is 2.87. The highest BCUT2D eigenvalue weighted by atomic mass is 32.1. The first-order chi connectivity index (χ1) is 10.5. The first-order valence-electron chi connectivity index (χ1n) is 7.67. The van der Waals surface area contributed by atoms with E-state index in [1.54, 1.807) is 4.90 Å². The molecule has 2 fully saturated rings. The smallest absolute Gasteiger partial charge is 0.273 e. The molecule has 0 aromatic carbocycles. The van der Waals surface area contributed by atoms with Crippen LogP contribution in [0.2, 0.25) is 0 Å². The Balaban J connectivity index is 1.68. The number of carbonyl (C=O) groups excluding carboxylic acids is 2. The maximum absolute atomic E-state index is 12.6. The summed E-state index contributed by atoms with van der Waals surface area (Å²) >= 11 is 1.51. The van der Waals surface area contributed by atoms with E-state index in [-0.39, 0.29) is 17.2 Å². The van der Waals surface area contributed by atoms with Crippen molar-refractivity contribution in [3.63, 3.8) is 0 Å². The number of hydrogen-bond acceptors (Lipinski definition) is 5. The average Bonchev–Trinajstić information content (AvgIpc) is 3.09. The lowest BCUT2D eigenvalue weighted by atomic mass is 9.79. The summed E-state index contributed by atoms with van der Waals surface area (Å²) < 4.78 is 0. The largest absolute Gasteiger partial charge is 0.356 e. The minimum atomic E-state index is -0.365. The number of hydrogen-bond donors (Lipinski definition) is 1. The fourth-order valence-corrected chi connectivity index (χ4v) is 4.16. The molecule has 2 aliphatic rings. The van der Waals surface area contributed by atoms with Gasteiger partial charge in [-0.3, -0.25) is 9.59 Å². The average molecular weight is 322 g/mol. The second-order valence-electron chi connectivity index (χ2n) is 6.48. The van der Waals surface area contributed by atoms with Crippen molar-refractivity contribution < 1.29 is 9.59 Å². The van der Waals surface area contributed by atoms with E-state index in [9.17, 15) is 9.59 Å². The minimum Gasteiger partial charge on any atom is -0.356 e. The third-order valence-corrected chi connectivity index (χ3v) is 5.30. The van der Waals surface area contributed by atoms with Crippen molar-refractivity contribution >= 4 is 23.2 Å². The van der Waals surface area contributed by atoms with Gasteiger partial charge in [-0.05, 0) is 33.4 Å². The monoisotopic (exact) mass is 322 g/mol. The fraction of sp³-hybridized carbons (Fsp3) is 0.667. The lowest BCUT2D eigenvalue weighted by Gasteiger charge is -2.32. The second kappa shape index (κ2) is 5.96. The van der Waals surface area contributed by atoms with Gasteiger partial charge in [-0.1, -0.05) is 0 Å². The van der Waals surface area contributed by atoms with Crippen molar-refractivity contribution in [2.75, 3.05) is 33.7 Å². The molecule has 3 rings (SSSR count). The highest BCUT2D eigenvalue weighted by Gasteiger charge is 2.47. The molecular weight excluding hydrogens is 300 g/mol. The number of nitrogens with one attached hydrogen (secondary N) is 1. The van der Waals surface area contributed by atoms with Gasteiger partial charge in [-0.2, -0.15) is 0 Å². The maximum Gasteiger partial charge on any atom is 0.273 e. The fourth-order valence-electron chi connectivity index (χ4n) is 3.28. The van der Waals surface area contributed by atoms with Crippen LogP contribution in [0.3, 0.4) is 0 Å². The van der Waals surface area contributed by atoms with E-state index >= 15 is 0 Å². The summed E-state index contributed by atoms with van der Waals surface area (Å²) in [6.45, 7) is 2.67. The van der Waals surface area contributed by atoms with E-state index < -0.39 is 0 Å². The van der Waals surface area contributed by atoms with Crippen molar-refractivity contribution in [1.82, 2.24) is 20.1 Å². The Morgan fingerprint density at radius 2 is 2.32 bits per heavy atom. The Kier molecular flexibility index (Phi) is 4.18. The Morgan fingerprint density at radius 3 is 3.05 bits per heavy atom. The molecule has 1 spiro atoms. The predicted molar refractivity (Wildman–Crippen MR) is 84.7 cm³/mol. The molecule has 1 aromatic rings. The standard InChI is InChI=1S/C15H22N4O2S/c1-18(2)8-12-17-11(9-22-12)13(20)19-7-5-15(10-19)4-3-6-16-14(15)21/h9H,3-8,10H2,1-2H3,(H,16,21)/t15-/m1/s1. The van der Waals surface area contributed by atoms with E-state index in [1.807, 2.05) is 24.4 Å². The van der Waals surface area contributed by atoms with E-state index in [4.69, 9.17) is 0 Å². The van der Waals surface area contributed by atoms with Gasteiger partial charge in [0.25, 0.3) is 5.91 Å². The van der Waals surface area contributed by atoms with E-state index in [0.29, 0.717) is 18.8 Å². The predicted octanol–water partition coefficient (Wildman–Crippen LogP) is 0.947. The van der Waals surface area contributed by atoms with E-state index in [2.05, 4.69) is 10.3 Å². The van der Waals surface area contributed by atoms with Crippen molar-refractivity contribution in [1.29, 1.82) is 0 Å². The first kappa shape index (κ1) is 15.4. The summed E-state index contributed by atoms with van der Waals surface area (Å²) in [5, 5.41) is 5.71. The van der Waals surface area contributed by atoms with Gasteiger partial charge in [0.2, 0.25) is 5.91 Å². The number of piperidine rings is 1. The number of rotatable bonds is 3. The molecule has 6 nitrogen and oxygen atoms in total. The molecule has 0 unspecified atom stereocenters. The lowest BCUT2D eigenvalue weighted by molar-refractivity contribution is -0.132. The number of thiazole rings is 1. The summed E-state index contributed by atoms with van der Waals surface area (Å²) in [6.07, 6.45) is 2.64. The highest BCUT2D eigenvalue weighted by Crippen LogP contribution is 2.37. The summed E-state index contributed by atoms with van der Waals surface area (Å²) in [5.74, 6) is 0.0668. The molecule has 3 heterocycles. The Hall–Kier alpha value is -1.47. The lowest BCUT2D eigenvalue weighted by Crippen LogP contribution is -2.47. The number of carbonyl (C=O) groups is 2. The molecule has 0 saturated carbocycles. The molecule has 2 amide bonds. The van der Waals surface area contributed by atoms with Crippen LogP contribution in [0.4, 0.5) is 0 Å². The molecule has 0 bridgehead atoms. The molecule has 2 saturated heterocycles. The summed E-state index contributed by atoms with van der Waals surface area (Å²) in [4.78, 5) is 33.0. The SMILES string of the molecule is CN(C)Cc1nc(C(=O)N2CC[C@]3(CCCNC3=O)C2)cs1. The Labute approximate surface area is 134 Å². The molecule has 1 aromatic heterocycles. The van der Waals surface area contributed by atoms with Crippen molar-refractivity contribution in [3.8, 4) is 0 Å². The second-order valence-corrected chi connectivity index (χ2v) is 7.42. The summed E-state index contributed by atoms with van der Waals surface area (Å²) in [7, 11) is 3.96. The first-order valence-corrected chi connectivity index (χ1v) is 8.55. The number of nitrogens with zero attached hydrogens (tertiary/aromatic N) is 3. The summed E-state index contributed by atoms with van der Waals surface area (Å²) in [6, 6.07) is 0. The normalized spacial score (nSPS) is 25.0. The van der Waals surface area contributed by atoms with Gasteiger partial charge in [0, 0.05) is 31.6 Å². The van der Waals surface area contributed by atoms with Crippen LogP contribution in [-0.4, -0.2) is 60.3 Å². The minimum absolute atomic E-state index is 0.0449. The van der Waals surface area contributed by atoms with Crippen LogP contribution in [0, 0.1) is 5.41 Å². The van der Waals surface area contributed by atoms with Gasteiger partial charge >= 0.3 is 0 Å². The van der Waals surface area contributed by atoms with E-state index in [1.165, 1.54) is 11.3 Å². The van der Waals surface area contributed by atoms with Gasteiger partial charge in [-0.15, -0.1) is 11.3 Å². The Bertz CT molecular complexity index is 586. The zero-order valence-corrected chi connectivity index (χ0v) is 13.9. The zero-order valence-electron chi connectivity index (χ0n) is 13.1. The van der Waals surface area contributed by atoms with Crippen LogP contribution in [0.25, 0.3) is 0 Å². The van der Waals surface area contributed by atoms with Gasteiger partial charge in [0.1, 0.15) is 10.7 Å². The molecular formula is C15H22N4O2S. The molecule has 1 atom stereocenters. The molecule has 22 heavy (non-hydrogen) atoms. The number of amides is 2. The van der Waals surface area contributed by atoms with Crippen LogP contribution in [0.15, 0.2) is 5.38 Å². The topological polar surface area (TPSA) is 65.5 Å². The van der Waals surface area contributed by atoms with Crippen LogP contribution in [-0.2, 0) is 11.3 Å². The molecule has 120 valence electrons. The number of likely N-dealkylation sites (tertiary alicyclic amines) is 1. The summed E-state index contributed by atoms with van der Waals surface area (Å²) in [5.41, 5.74) is 0.145. The highest BCUT2D eigenvalue weighted by molar-refractivity contribution is 7.09. The van der Waals surface area contributed by atoms with Gasteiger partial charge in [-0.25, -0.2) is 4.98 Å². The van der Waals surface area contributed by atoms with Crippen molar-refractivity contribution in [2.45, 2.75) is 25.8 Å². The molecule has 1 N–H and O–H groups in total. The van der Waals surface area contributed by atoms with Crippen LogP contribution >= 0.6 is 11.3 Å². The molecule has 2 aliphatic heterocycles. The van der Waals surface area contributed by atoms with Gasteiger partial charge < -0.3 is 15.1 Å². The van der Waals surface area contributed by atoms with Crippen LogP contribution in [0.5, 0.6) is 0 Å². The third-order valence-electron chi connectivity index (χ3n) is 4.46. The van der Waals surface area contributed by atoms with Gasteiger partial charge in [0.15, 0.2) is 0 Å².